The van der Waals surface area contributed by atoms with Crippen molar-refractivity contribution in [2.24, 2.45) is 0 Å². The third-order valence-corrected chi connectivity index (χ3v) is 0. The van der Waals surface area contributed by atoms with Crippen molar-refractivity contribution in [3.05, 3.63) is 0 Å². The third kappa shape index (κ3) is 56.2. The van der Waals surface area contributed by atoms with Gasteiger partial charge in [0.1, 0.15) is 5.25 Å². The molecule has 0 aliphatic rings. The molecule has 0 spiro atoms. The van der Waals surface area contributed by atoms with E-state index in [0.29, 0.717) is 5.25 Å². The molecule has 0 nitrogen and oxygen atoms in total. The molecule has 0 radical (unpaired) electrons. The average Bonchev–Trinajstić information content (AvgIpc) is 0.811. The number of hydrogen-bond acceptors (Lipinski definition) is 0. The normalized spacial score (nSPS) is 7.20. The highest BCUT2D eigenvalue weighted by atomic mass is 79.9. The Morgan fingerprint density at radius 3 is 1.40 bits per heavy atom. The Labute approximate surface area is 49.1 Å². The summed E-state index contributed by atoms with van der Waals surface area (Å²) in [4.78, 5) is 0. The smallest absolute Gasteiger partial charge is 0.108 e. The van der Waals surface area contributed by atoms with Gasteiger partial charge in [-0.25, -0.2) is 0 Å². The van der Waals surface area contributed by atoms with E-state index in [1.54, 1.807) is 0 Å². The standard InChI is InChI=1S/C3H8S.BrH/c1-3(2)4;/h3-4H,1-2H3;1H. The van der Waals surface area contributed by atoms with Gasteiger partial charge in [-0.2, -0.15) is 0 Å². The zero-order chi connectivity index (χ0) is 3.58. The van der Waals surface area contributed by atoms with Gasteiger partial charge in [0, 0.05) is 0 Å². The summed E-state index contributed by atoms with van der Waals surface area (Å²) in [6.45, 7) is 4.16. The van der Waals surface area contributed by atoms with Crippen LogP contribution in [0.2, 0.25) is 0 Å². The molecule has 0 atom stereocenters. The van der Waals surface area contributed by atoms with Crippen LogP contribution in [0.1, 0.15) is 13.8 Å². The molecule has 0 unspecified atom stereocenters. The molecule has 0 amide bonds. The molecule has 34 valence electrons. The van der Waals surface area contributed by atoms with Crippen LogP contribution in [-0.4, -0.2) is 5.25 Å². The second-order valence-electron chi connectivity index (χ2n) is 1.15. The van der Waals surface area contributed by atoms with Crippen molar-refractivity contribution in [3.8, 4) is 0 Å². The zero-order valence-electron chi connectivity index (χ0n) is 3.46. The molecular formula is C3H9BrS. The molecule has 0 aromatic heterocycles. The molecule has 0 saturated heterocycles. The fourth-order valence-electron chi connectivity index (χ4n) is 0. The number of rotatable bonds is 0. The summed E-state index contributed by atoms with van der Waals surface area (Å²) in [5.41, 5.74) is 0. The monoisotopic (exact) mass is 156 g/mol. The van der Waals surface area contributed by atoms with Gasteiger partial charge in [0.15, 0.2) is 0 Å². The SMILES string of the molecule is CC(C)[SH2+].[Br-]. The fraction of sp³-hybridized carbons (Fsp3) is 1.00. The van der Waals surface area contributed by atoms with E-state index < -0.39 is 0 Å². The number of halogens is 1. The van der Waals surface area contributed by atoms with Gasteiger partial charge in [-0.3, -0.25) is 0 Å². The van der Waals surface area contributed by atoms with Crippen LogP contribution in [0.4, 0.5) is 0 Å². The molecule has 2 heteroatoms. The van der Waals surface area contributed by atoms with Crippen LogP contribution in [0.5, 0.6) is 0 Å². The van der Waals surface area contributed by atoms with Gasteiger partial charge < -0.3 is 17.0 Å². The molecule has 5 heavy (non-hydrogen) atoms. The Bertz CT molecular complexity index is 11.6. The summed E-state index contributed by atoms with van der Waals surface area (Å²) in [5.74, 6) is 0. The Morgan fingerprint density at radius 1 is 1.40 bits per heavy atom. The molecule has 0 fully saturated rings. The van der Waals surface area contributed by atoms with Crippen LogP contribution >= 0.6 is 0 Å². The lowest BCUT2D eigenvalue weighted by molar-refractivity contribution is -0.000000937. The lowest BCUT2D eigenvalue weighted by atomic mass is 10.6. The van der Waals surface area contributed by atoms with Crippen molar-refractivity contribution < 1.29 is 17.0 Å². The molecule has 0 aromatic carbocycles. The van der Waals surface area contributed by atoms with Crippen LogP contribution in [0, 0.1) is 0 Å². The Balaban J connectivity index is 0. The van der Waals surface area contributed by atoms with E-state index >= 15 is 0 Å². The minimum Gasteiger partial charge on any atom is -1.00 e. The predicted molar refractivity (Wildman–Crippen MR) is 25.3 cm³/mol. The first-order valence-corrected chi connectivity index (χ1v) is 2.02. The van der Waals surface area contributed by atoms with Crippen molar-refractivity contribution in [2.75, 3.05) is 0 Å². The maximum atomic E-state index is 3.31. The maximum absolute atomic E-state index is 3.31. The highest BCUT2D eigenvalue weighted by Crippen LogP contribution is 1.69. The molecule has 0 aliphatic carbocycles. The predicted octanol–water partition coefficient (Wildman–Crippen LogP) is -2.59. The van der Waals surface area contributed by atoms with Gasteiger partial charge in [-0.15, -0.1) is 0 Å². The summed E-state index contributed by atoms with van der Waals surface area (Å²) in [7, 11) is 0. The summed E-state index contributed by atoms with van der Waals surface area (Å²) in [6, 6.07) is 0. The average molecular weight is 157 g/mol. The van der Waals surface area contributed by atoms with Crippen molar-refractivity contribution in [1.29, 1.82) is 0 Å². The first-order chi connectivity index (χ1) is 1.73. The quantitative estimate of drug-likeness (QED) is 0.338. The van der Waals surface area contributed by atoms with E-state index in [9.17, 15) is 0 Å². The van der Waals surface area contributed by atoms with Gasteiger partial charge in [0.05, 0.1) is 0 Å². The molecule has 0 saturated carbocycles. The number of hydrogen-bond donors (Lipinski definition) is 0. The maximum Gasteiger partial charge on any atom is 0.108 e. The van der Waals surface area contributed by atoms with E-state index in [2.05, 4.69) is 26.5 Å². The summed E-state index contributed by atoms with van der Waals surface area (Å²) < 4.78 is 0. The minimum absolute atomic E-state index is 0. The first kappa shape index (κ1) is 9.27. The summed E-state index contributed by atoms with van der Waals surface area (Å²) in [6.07, 6.45) is 0. The molecule has 0 N–H and O–H groups in total. The highest BCUT2D eigenvalue weighted by molar-refractivity contribution is 7.59. The topological polar surface area (TPSA) is 0 Å². The van der Waals surface area contributed by atoms with Crippen LogP contribution in [-0.2, 0) is 12.6 Å². The van der Waals surface area contributed by atoms with E-state index in [1.807, 2.05) is 0 Å². The van der Waals surface area contributed by atoms with Crippen molar-refractivity contribution in [1.82, 2.24) is 0 Å². The second kappa shape index (κ2) is 4.83. The van der Waals surface area contributed by atoms with Crippen LogP contribution < -0.4 is 17.0 Å². The van der Waals surface area contributed by atoms with E-state index in [4.69, 9.17) is 0 Å². The lowest BCUT2D eigenvalue weighted by Gasteiger charge is -1.69. The lowest BCUT2D eigenvalue weighted by Crippen LogP contribution is -3.00. The van der Waals surface area contributed by atoms with Crippen molar-refractivity contribution in [3.63, 3.8) is 0 Å². The first-order valence-electron chi connectivity index (χ1n) is 1.44. The second-order valence-corrected chi connectivity index (χ2v) is 2.31. The van der Waals surface area contributed by atoms with Crippen molar-refractivity contribution >= 4 is 12.6 Å². The van der Waals surface area contributed by atoms with E-state index in [1.165, 1.54) is 0 Å². The summed E-state index contributed by atoms with van der Waals surface area (Å²) >= 11 is 3.31. The largest absolute Gasteiger partial charge is 1.00 e. The highest BCUT2D eigenvalue weighted by Gasteiger charge is 1.78. The van der Waals surface area contributed by atoms with Gasteiger partial charge >= 0.3 is 0 Å². The van der Waals surface area contributed by atoms with Crippen LogP contribution in [0.3, 0.4) is 0 Å². The van der Waals surface area contributed by atoms with Gasteiger partial charge in [0.2, 0.25) is 0 Å². The van der Waals surface area contributed by atoms with Crippen LogP contribution in [0.25, 0.3) is 0 Å². The molecule has 0 rings (SSSR count). The summed E-state index contributed by atoms with van der Waals surface area (Å²) in [5, 5.41) is 0.639. The van der Waals surface area contributed by atoms with E-state index in [-0.39, 0.29) is 17.0 Å². The molecule has 0 bridgehead atoms. The van der Waals surface area contributed by atoms with Crippen molar-refractivity contribution in [2.45, 2.75) is 19.1 Å². The third-order valence-electron chi connectivity index (χ3n) is 0. The van der Waals surface area contributed by atoms with Gasteiger partial charge in [-0.05, 0) is 26.5 Å². The Kier molecular flexibility index (Phi) is 8.96. The molecule has 0 aliphatic heterocycles. The zero-order valence-corrected chi connectivity index (χ0v) is 6.04. The van der Waals surface area contributed by atoms with Gasteiger partial charge in [-0.1, -0.05) is 0 Å². The van der Waals surface area contributed by atoms with Gasteiger partial charge in [0.25, 0.3) is 0 Å². The molecule has 0 heterocycles. The van der Waals surface area contributed by atoms with Crippen LogP contribution in [0.15, 0.2) is 0 Å². The molecule has 0 aromatic rings. The Morgan fingerprint density at radius 2 is 1.40 bits per heavy atom. The Hall–Kier alpha value is 0.830. The fourth-order valence-corrected chi connectivity index (χ4v) is 0. The van der Waals surface area contributed by atoms with E-state index in [0.717, 1.165) is 0 Å². The minimum atomic E-state index is 0. The molecular weight excluding hydrogens is 148 g/mol.